The van der Waals surface area contributed by atoms with Gasteiger partial charge in [0.2, 0.25) is 0 Å². The summed E-state index contributed by atoms with van der Waals surface area (Å²) in [5.41, 5.74) is -0.317. The average molecular weight is 278 g/mol. The molecule has 0 bridgehead atoms. The van der Waals surface area contributed by atoms with Gasteiger partial charge in [-0.05, 0) is 12.3 Å². The third-order valence-corrected chi connectivity index (χ3v) is 3.41. The summed E-state index contributed by atoms with van der Waals surface area (Å²) in [6, 6.07) is 0. The number of aryl methyl sites for hydroxylation is 2. The highest BCUT2D eigenvalue weighted by Crippen LogP contribution is 2.12. The van der Waals surface area contributed by atoms with Crippen molar-refractivity contribution in [1.82, 2.24) is 18.7 Å². The molecule has 0 saturated carbocycles. The highest BCUT2D eigenvalue weighted by molar-refractivity contribution is 5.80. The first-order valence-electron chi connectivity index (χ1n) is 6.50. The Morgan fingerprint density at radius 3 is 2.40 bits per heavy atom. The van der Waals surface area contributed by atoms with Gasteiger partial charge in [-0.3, -0.25) is 18.7 Å². The third-order valence-electron chi connectivity index (χ3n) is 3.41. The predicted octanol–water partition coefficient (Wildman–Crippen LogP) is 0.292. The standard InChI is InChI=1S/C13H18N4O3/c1-8(2)5-6-17-9(7-18)14-11-10(17)12(19)16(4)13(20)15(11)3/h7-8H,5-6H2,1-4H3. The van der Waals surface area contributed by atoms with Gasteiger partial charge >= 0.3 is 5.69 Å². The van der Waals surface area contributed by atoms with Gasteiger partial charge in [-0.25, -0.2) is 9.78 Å². The molecule has 0 aliphatic heterocycles. The minimum atomic E-state index is -0.451. The molecule has 0 aromatic carbocycles. The Bertz CT molecular complexity index is 779. The summed E-state index contributed by atoms with van der Waals surface area (Å²) in [6.07, 6.45) is 1.43. The molecule has 2 heterocycles. The van der Waals surface area contributed by atoms with Crippen LogP contribution in [-0.4, -0.2) is 25.0 Å². The Balaban J connectivity index is 2.82. The minimum Gasteiger partial charge on any atom is -0.316 e. The third kappa shape index (κ3) is 2.09. The Labute approximate surface area is 115 Å². The molecule has 2 rings (SSSR count). The Morgan fingerprint density at radius 1 is 1.20 bits per heavy atom. The second-order valence-corrected chi connectivity index (χ2v) is 5.30. The number of aldehydes is 1. The van der Waals surface area contributed by atoms with Gasteiger partial charge in [0, 0.05) is 20.6 Å². The molecule has 7 heteroatoms. The lowest BCUT2D eigenvalue weighted by Gasteiger charge is -2.09. The fourth-order valence-corrected chi connectivity index (χ4v) is 2.17. The number of carbonyl (C=O) groups is 1. The second kappa shape index (κ2) is 5.07. The van der Waals surface area contributed by atoms with E-state index in [1.165, 1.54) is 11.6 Å². The van der Waals surface area contributed by atoms with Crippen molar-refractivity contribution in [1.29, 1.82) is 0 Å². The van der Waals surface area contributed by atoms with Crippen LogP contribution in [0.15, 0.2) is 9.59 Å². The van der Waals surface area contributed by atoms with Crippen LogP contribution >= 0.6 is 0 Å². The van der Waals surface area contributed by atoms with Gasteiger partial charge < -0.3 is 4.57 Å². The molecule has 0 amide bonds. The molecule has 0 saturated heterocycles. The Morgan fingerprint density at radius 2 is 1.85 bits per heavy atom. The van der Waals surface area contributed by atoms with Gasteiger partial charge in [0.1, 0.15) is 0 Å². The van der Waals surface area contributed by atoms with Gasteiger partial charge in [-0.1, -0.05) is 13.8 Å². The van der Waals surface area contributed by atoms with E-state index in [1.807, 2.05) is 0 Å². The highest BCUT2D eigenvalue weighted by Gasteiger charge is 2.18. The van der Waals surface area contributed by atoms with Crippen molar-refractivity contribution in [2.45, 2.75) is 26.8 Å². The molecular weight excluding hydrogens is 260 g/mol. The molecule has 2 aromatic rings. The van der Waals surface area contributed by atoms with Crippen LogP contribution in [0.2, 0.25) is 0 Å². The fourth-order valence-electron chi connectivity index (χ4n) is 2.17. The van der Waals surface area contributed by atoms with Crippen molar-refractivity contribution in [2.24, 2.45) is 20.0 Å². The summed E-state index contributed by atoms with van der Waals surface area (Å²) in [7, 11) is 2.96. The Kier molecular flexibility index (Phi) is 3.61. The molecule has 0 atom stereocenters. The monoisotopic (exact) mass is 278 g/mol. The quantitative estimate of drug-likeness (QED) is 0.753. The second-order valence-electron chi connectivity index (χ2n) is 5.30. The van der Waals surface area contributed by atoms with Crippen LogP contribution in [-0.2, 0) is 20.6 Å². The maximum absolute atomic E-state index is 12.3. The van der Waals surface area contributed by atoms with Crippen LogP contribution in [0.25, 0.3) is 11.2 Å². The Hall–Kier alpha value is -2.18. The van der Waals surface area contributed by atoms with E-state index in [9.17, 15) is 14.4 Å². The van der Waals surface area contributed by atoms with E-state index < -0.39 is 11.2 Å². The van der Waals surface area contributed by atoms with Crippen molar-refractivity contribution in [3.63, 3.8) is 0 Å². The van der Waals surface area contributed by atoms with E-state index in [1.54, 1.807) is 11.6 Å². The van der Waals surface area contributed by atoms with Gasteiger partial charge in [0.05, 0.1) is 0 Å². The lowest BCUT2D eigenvalue weighted by atomic mass is 10.1. The number of imidazole rings is 1. The van der Waals surface area contributed by atoms with Crippen molar-refractivity contribution in [3.05, 3.63) is 26.7 Å². The molecular formula is C13H18N4O3. The van der Waals surface area contributed by atoms with Crippen molar-refractivity contribution in [2.75, 3.05) is 0 Å². The predicted molar refractivity (Wildman–Crippen MR) is 75.1 cm³/mol. The van der Waals surface area contributed by atoms with Crippen LogP contribution in [0.3, 0.4) is 0 Å². The van der Waals surface area contributed by atoms with E-state index in [4.69, 9.17) is 0 Å². The summed E-state index contributed by atoms with van der Waals surface area (Å²) < 4.78 is 3.92. The SMILES string of the molecule is CC(C)CCn1c(C=O)nc2c1c(=O)n(C)c(=O)n2C. The zero-order chi connectivity index (χ0) is 15.0. The molecule has 0 spiro atoms. The summed E-state index contributed by atoms with van der Waals surface area (Å²) >= 11 is 0. The maximum Gasteiger partial charge on any atom is 0.332 e. The molecule has 108 valence electrons. The van der Waals surface area contributed by atoms with Gasteiger partial charge in [-0.2, -0.15) is 0 Å². The van der Waals surface area contributed by atoms with E-state index in [2.05, 4.69) is 18.8 Å². The number of carbonyl (C=O) groups excluding carboxylic acids is 1. The minimum absolute atomic E-state index is 0.180. The van der Waals surface area contributed by atoms with Crippen molar-refractivity contribution in [3.8, 4) is 0 Å². The van der Waals surface area contributed by atoms with Crippen LogP contribution in [0.5, 0.6) is 0 Å². The van der Waals surface area contributed by atoms with Crippen LogP contribution in [0.1, 0.15) is 30.9 Å². The van der Waals surface area contributed by atoms with Crippen LogP contribution in [0.4, 0.5) is 0 Å². The molecule has 0 fully saturated rings. The van der Waals surface area contributed by atoms with Gasteiger partial charge in [0.25, 0.3) is 5.56 Å². The van der Waals surface area contributed by atoms with E-state index in [0.29, 0.717) is 24.3 Å². The number of hydrogen-bond acceptors (Lipinski definition) is 4. The zero-order valence-electron chi connectivity index (χ0n) is 12.1. The summed E-state index contributed by atoms with van der Waals surface area (Å²) in [4.78, 5) is 39.4. The summed E-state index contributed by atoms with van der Waals surface area (Å²) in [5.74, 6) is 0.613. The summed E-state index contributed by atoms with van der Waals surface area (Å²) in [5, 5.41) is 0. The number of hydrogen-bond donors (Lipinski definition) is 0. The van der Waals surface area contributed by atoms with Gasteiger partial charge in [0.15, 0.2) is 23.3 Å². The zero-order valence-corrected chi connectivity index (χ0v) is 12.1. The molecule has 20 heavy (non-hydrogen) atoms. The first-order chi connectivity index (χ1) is 9.38. The average Bonchev–Trinajstić information content (AvgIpc) is 2.79. The van der Waals surface area contributed by atoms with Gasteiger partial charge in [-0.15, -0.1) is 0 Å². The first kappa shape index (κ1) is 14.2. The smallest absolute Gasteiger partial charge is 0.316 e. The normalized spacial score (nSPS) is 11.4. The highest BCUT2D eigenvalue weighted by atomic mass is 16.2. The number of nitrogens with zero attached hydrogens (tertiary/aromatic N) is 4. The maximum atomic E-state index is 12.3. The van der Waals surface area contributed by atoms with Crippen LogP contribution in [0, 0.1) is 5.92 Å². The number of fused-ring (bicyclic) bond motifs is 1. The van der Waals surface area contributed by atoms with Crippen LogP contribution < -0.4 is 11.2 Å². The molecule has 0 radical (unpaired) electrons. The largest absolute Gasteiger partial charge is 0.332 e. The number of rotatable bonds is 4. The first-order valence-corrected chi connectivity index (χ1v) is 6.50. The van der Waals surface area contributed by atoms with Crippen molar-refractivity contribution >= 4 is 17.5 Å². The van der Waals surface area contributed by atoms with E-state index in [0.717, 1.165) is 11.0 Å². The topological polar surface area (TPSA) is 78.9 Å². The molecule has 0 aliphatic carbocycles. The van der Waals surface area contributed by atoms with E-state index in [-0.39, 0.29) is 11.5 Å². The molecule has 0 aliphatic rings. The van der Waals surface area contributed by atoms with Crippen molar-refractivity contribution < 1.29 is 4.79 Å². The molecule has 7 nitrogen and oxygen atoms in total. The van der Waals surface area contributed by atoms with E-state index >= 15 is 0 Å². The molecule has 0 unspecified atom stereocenters. The lowest BCUT2D eigenvalue weighted by Crippen LogP contribution is -2.37. The lowest BCUT2D eigenvalue weighted by molar-refractivity contribution is 0.111. The molecule has 2 aromatic heterocycles. The molecule has 0 N–H and O–H groups in total. The fraction of sp³-hybridized carbons (Fsp3) is 0.538. The number of aromatic nitrogens is 4. The summed E-state index contributed by atoms with van der Waals surface area (Å²) in [6.45, 7) is 4.65.